The number of aryl methyl sites for hydroxylation is 1. The van der Waals surface area contributed by atoms with Crippen molar-refractivity contribution in [3.63, 3.8) is 0 Å². The summed E-state index contributed by atoms with van der Waals surface area (Å²) in [5, 5.41) is 6.12. The van der Waals surface area contributed by atoms with E-state index in [4.69, 9.17) is 0 Å². The van der Waals surface area contributed by atoms with E-state index in [9.17, 15) is 9.59 Å². The first kappa shape index (κ1) is 21.4. The van der Waals surface area contributed by atoms with Crippen LogP contribution >= 0.6 is 11.8 Å². The zero-order valence-electron chi connectivity index (χ0n) is 16.9. The monoisotopic (exact) mass is 411 g/mol. The topological polar surface area (TPSA) is 61.4 Å². The normalized spacial score (nSPS) is 15.1. The van der Waals surface area contributed by atoms with Crippen LogP contribution in [0.5, 0.6) is 0 Å². The Balaban J connectivity index is 1.35. The first-order chi connectivity index (χ1) is 14.1. The van der Waals surface area contributed by atoms with Gasteiger partial charge in [-0.15, -0.1) is 11.8 Å². The maximum Gasteiger partial charge on any atom is 0.238 e. The first-order valence-electron chi connectivity index (χ1n) is 10.1. The number of likely N-dealkylation sites (tertiary alicyclic amines) is 1. The third-order valence-corrected chi connectivity index (χ3v) is 5.88. The summed E-state index contributed by atoms with van der Waals surface area (Å²) in [6.07, 6.45) is 5.06. The minimum Gasteiger partial charge on any atom is -0.353 e. The molecule has 0 bridgehead atoms. The fourth-order valence-electron chi connectivity index (χ4n) is 3.54. The van der Waals surface area contributed by atoms with Crippen molar-refractivity contribution >= 4 is 29.3 Å². The van der Waals surface area contributed by atoms with Crippen LogP contribution in [0.4, 0.5) is 5.69 Å². The van der Waals surface area contributed by atoms with Crippen LogP contribution in [0.1, 0.15) is 24.8 Å². The zero-order chi connectivity index (χ0) is 20.5. The van der Waals surface area contributed by atoms with Crippen molar-refractivity contribution < 1.29 is 9.59 Å². The molecule has 29 heavy (non-hydrogen) atoms. The molecule has 0 radical (unpaired) electrons. The quantitative estimate of drug-likeness (QED) is 0.652. The van der Waals surface area contributed by atoms with Gasteiger partial charge in [0.25, 0.3) is 0 Å². The highest BCUT2D eigenvalue weighted by molar-refractivity contribution is 7.98. The van der Waals surface area contributed by atoms with Crippen molar-refractivity contribution in [2.75, 3.05) is 31.2 Å². The van der Waals surface area contributed by atoms with Crippen LogP contribution in [0.3, 0.4) is 0 Å². The Labute approximate surface area is 177 Å². The molecule has 5 nitrogen and oxygen atoms in total. The summed E-state index contributed by atoms with van der Waals surface area (Å²) in [7, 11) is 0. The van der Waals surface area contributed by atoms with E-state index < -0.39 is 0 Å². The summed E-state index contributed by atoms with van der Waals surface area (Å²) in [6.45, 7) is 2.03. The molecule has 154 valence electrons. The van der Waals surface area contributed by atoms with Crippen molar-refractivity contribution in [1.82, 2.24) is 10.2 Å². The molecular formula is C23H29N3O2S. The predicted molar refractivity (Wildman–Crippen MR) is 119 cm³/mol. The molecule has 3 rings (SSSR count). The Kier molecular flexibility index (Phi) is 8.14. The molecule has 1 aliphatic rings. The number of amides is 2. The molecule has 0 aromatic heterocycles. The van der Waals surface area contributed by atoms with Crippen LogP contribution in [0.15, 0.2) is 59.5 Å². The van der Waals surface area contributed by atoms with Crippen molar-refractivity contribution in [2.24, 2.45) is 0 Å². The van der Waals surface area contributed by atoms with Crippen LogP contribution in [-0.2, 0) is 16.0 Å². The number of anilines is 1. The lowest BCUT2D eigenvalue weighted by molar-refractivity contribution is -0.122. The van der Waals surface area contributed by atoms with Gasteiger partial charge in [0.2, 0.25) is 11.8 Å². The minimum absolute atomic E-state index is 0.00796. The van der Waals surface area contributed by atoms with Gasteiger partial charge in [0.1, 0.15) is 0 Å². The SMILES string of the molecule is CSc1cccc(NC(=O)CN2CCC(NC(=O)CCc3ccccc3)CC2)c1. The van der Waals surface area contributed by atoms with E-state index in [1.165, 1.54) is 5.56 Å². The van der Waals surface area contributed by atoms with Crippen LogP contribution < -0.4 is 10.6 Å². The highest BCUT2D eigenvalue weighted by atomic mass is 32.2. The average molecular weight is 412 g/mol. The second-order valence-electron chi connectivity index (χ2n) is 7.38. The number of carbonyl (C=O) groups is 2. The van der Waals surface area contributed by atoms with Gasteiger partial charge >= 0.3 is 0 Å². The van der Waals surface area contributed by atoms with E-state index in [0.29, 0.717) is 13.0 Å². The Morgan fingerprint density at radius 1 is 1.03 bits per heavy atom. The number of piperidine rings is 1. The van der Waals surface area contributed by atoms with Gasteiger partial charge in [-0.3, -0.25) is 14.5 Å². The molecule has 2 amide bonds. The van der Waals surface area contributed by atoms with Gasteiger partial charge in [0.05, 0.1) is 6.54 Å². The molecule has 2 N–H and O–H groups in total. The van der Waals surface area contributed by atoms with Gasteiger partial charge in [-0.25, -0.2) is 0 Å². The van der Waals surface area contributed by atoms with Crippen molar-refractivity contribution in [3.05, 3.63) is 60.2 Å². The summed E-state index contributed by atoms with van der Waals surface area (Å²) >= 11 is 1.66. The van der Waals surface area contributed by atoms with E-state index in [1.54, 1.807) is 11.8 Å². The van der Waals surface area contributed by atoms with E-state index in [-0.39, 0.29) is 17.9 Å². The fourth-order valence-corrected chi connectivity index (χ4v) is 4.00. The molecule has 2 aromatic rings. The third-order valence-electron chi connectivity index (χ3n) is 5.16. The molecule has 1 heterocycles. The molecule has 0 atom stereocenters. The molecule has 1 saturated heterocycles. The number of hydrogen-bond acceptors (Lipinski definition) is 4. The number of nitrogens with zero attached hydrogens (tertiary/aromatic N) is 1. The maximum absolute atomic E-state index is 12.3. The second kappa shape index (κ2) is 11.0. The highest BCUT2D eigenvalue weighted by Gasteiger charge is 2.22. The van der Waals surface area contributed by atoms with Gasteiger partial charge in [0, 0.05) is 36.1 Å². The maximum atomic E-state index is 12.3. The number of nitrogens with one attached hydrogen (secondary N) is 2. The third kappa shape index (κ3) is 7.22. The highest BCUT2D eigenvalue weighted by Crippen LogP contribution is 2.19. The van der Waals surface area contributed by atoms with Crippen LogP contribution in [0.25, 0.3) is 0 Å². The standard InChI is InChI=1S/C23H29N3O2S/c1-29-21-9-5-8-20(16-21)25-23(28)17-26-14-12-19(13-15-26)24-22(27)11-10-18-6-3-2-4-7-18/h2-9,16,19H,10-15,17H2,1H3,(H,24,27)(H,25,28). The number of thioether (sulfide) groups is 1. The van der Waals surface area contributed by atoms with Gasteiger partial charge in [-0.2, -0.15) is 0 Å². The fraction of sp³-hybridized carbons (Fsp3) is 0.391. The number of carbonyl (C=O) groups excluding carboxylic acids is 2. The molecule has 0 unspecified atom stereocenters. The molecule has 0 spiro atoms. The van der Waals surface area contributed by atoms with Gasteiger partial charge < -0.3 is 10.6 Å². The van der Waals surface area contributed by atoms with E-state index in [1.807, 2.05) is 60.9 Å². The molecule has 0 saturated carbocycles. The van der Waals surface area contributed by atoms with Crippen LogP contribution in [0.2, 0.25) is 0 Å². The molecule has 1 fully saturated rings. The number of benzene rings is 2. The minimum atomic E-state index is 0.00796. The first-order valence-corrected chi connectivity index (χ1v) is 11.3. The van der Waals surface area contributed by atoms with Crippen molar-refractivity contribution in [3.8, 4) is 0 Å². The Morgan fingerprint density at radius 2 is 1.79 bits per heavy atom. The second-order valence-corrected chi connectivity index (χ2v) is 8.26. The van der Waals surface area contributed by atoms with Crippen LogP contribution in [-0.4, -0.2) is 48.6 Å². The smallest absolute Gasteiger partial charge is 0.238 e. The summed E-state index contributed by atoms with van der Waals surface area (Å²) in [5.74, 6) is 0.118. The predicted octanol–water partition coefficient (Wildman–Crippen LogP) is 3.56. The summed E-state index contributed by atoms with van der Waals surface area (Å²) in [4.78, 5) is 27.8. The lowest BCUT2D eigenvalue weighted by atomic mass is 10.0. The lowest BCUT2D eigenvalue weighted by Gasteiger charge is -2.31. The van der Waals surface area contributed by atoms with Crippen molar-refractivity contribution in [1.29, 1.82) is 0 Å². The Hall–Kier alpha value is -2.31. The summed E-state index contributed by atoms with van der Waals surface area (Å²) in [5.41, 5.74) is 2.02. The van der Waals surface area contributed by atoms with E-state index in [2.05, 4.69) is 15.5 Å². The van der Waals surface area contributed by atoms with E-state index >= 15 is 0 Å². The largest absolute Gasteiger partial charge is 0.353 e. The molecular weight excluding hydrogens is 382 g/mol. The van der Waals surface area contributed by atoms with Gasteiger partial charge in [-0.1, -0.05) is 36.4 Å². The molecule has 1 aliphatic heterocycles. The molecule has 2 aromatic carbocycles. The van der Waals surface area contributed by atoms with Gasteiger partial charge in [-0.05, 0) is 49.3 Å². The zero-order valence-corrected chi connectivity index (χ0v) is 17.7. The Morgan fingerprint density at radius 3 is 2.52 bits per heavy atom. The molecule has 6 heteroatoms. The Bertz CT molecular complexity index is 805. The van der Waals surface area contributed by atoms with Crippen molar-refractivity contribution in [2.45, 2.75) is 36.6 Å². The average Bonchev–Trinajstić information content (AvgIpc) is 2.74. The lowest BCUT2D eigenvalue weighted by Crippen LogP contribution is -2.46. The van der Waals surface area contributed by atoms with Crippen LogP contribution in [0, 0.1) is 0 Å². The van der Waals surface area contributed by atoms with E-state index in [0.717, 1.165) is 42.9 Å². The molecule has 0 aliphatic carbocycles. The van der Waals surface area contributed by atoms with Gasteiger partial charge in [0.15, 0.2) is 0 Å². The summed E-state index contributed by atoms with van der Waals surface area (Å²) < 4.78 is 0. The number of rotatable bonds is 8. The number of hydrogen-bond donors (Lipinski definition) is 2. The summed E-state index contributed by atoms with van der Waals surface area (Å²) in [6, 6.07) is 18.2.